The van der Waals surface area contributed by atoms with Crippen molar-refractivity contribution in [3.8, 4) is 0 Å². The highest BCUT2D eigenvalue weighted by Gasteiger charge is 2.23. The van der Waals surface area contributed by atoms with E-state index in [0.29, 0.717) is 0 Å². The lowest BCUT2D eigenvalue weighted by Gasteiger charge is -1.99. The zero-order chi connectivity index (χ0) is 9.68. The van der Waals surface area contributed by atoms with Gasteiger partial charge in [-0.2, -0.15) is 0 Å². The van der Waals surface area contributed by atoms with E-state index >= 15 is 0 Å². The van der Waals surface area contributed by atoms with E-state index in [2.05, 4.69) is 24.0 Å². The van der Waals surface area contributed by atoms with E-state index in [-0.39, 0.29) is 0 Å². The molecule has 1 saturated carbocycles. The summed E-state index contributed by atoms with van der Waals surface area (Å²) < 4.78 is 0. The Kier molecular flexibility index (Phi) is 3.94. The molecule has 0 atom stereocenters. The van der Waals surface area contributed by atoms with Gasteiger partial charge < -0.3 is 0 Å². The largest absolute Gasteiger partial charge is 0.261 e. The lowest BCUT2D eigenvalue weighted by atomic mass is 10.1. The van der Waals surface area contributed by atoms with Crippen LogP contribution in [0.5, 0.6) is 0 Å². The standard InChI is InChI=1S/C10H13N.C2H6/c1-2-10-7-9(5-6-11-10)8-3-4-8;1-2/h5-8H,2-4H2,1H3;1-2H3. The first kappa shape index (κ1) is 10.2. The molecule has 13 heavy (non-hydrogen) atoms. The predicted octanol–water partition coefficient (Wildman–Crippen LogP) is 3.55. The summed E-state index contributed by atoms with van der Waals surface area (Å²) in [5, 5.41) is 0. The number of aromatic nitrogens is 1. The molecule has 0 aliphatic heterocycles. The molecule has 1 aromatic rings. The molecule has 0 spiro atoms. The first-order valence-corrected chi connectivity index (χ1v) is 5.35. The quantitative estimate of drug-likeness (QED) is 0.673. The molecule has 2 rings (SSSR count). The number of rotatable bonds is 2. The molecule has 72 valence electrons. The second-order valence-electron chi connectivity index (χ2n) is 3.21. The third kappa shape index (κ3) is 2.83. The summed E-state index contributed by atoms with van der Waals surface area (Å²) in [6, 6.07) is 4.40. The smallest absolute Gasteiger partial charge is 0.0403 e. The van der Waals surface area contributed by atoms with Crippen molar-refractivity contribution >= 4 is 0 Å². The highest BCUT2D eigenvalue weighted by molar-refractivity contribution is 5.24. The minimum Gasteiger partial charge on any atom is -0.261 e. The van der Waals surface area contributed by atoms with Gasteiger partial charge in [0.15, 0.2) is 0 Å². The number of hydrogen-bond acceptors (Lipinski definition) is 1. The zero-order valence-corrected chi connectivity index (χ0v) is 8.88. The Balaban J connectivity index is 0.000000396. The Bertz CT molecular complexity index is 251. The van der Waals surface area contributed by atoms with Gasteiger partial charge in [-0.1, -0.05) is 20.8 Å². The molecule has 1 nitrogen and oxygen atoms in total. The second-order valence-corrected chi connectivity index (χ2v) is 3.21. The predicted molar refractivity (Wildman–Crippen MR) is 56.9 cm³/mol. The number of hydrogen-bond donors (Lipinski definition) is 0. The Morgan fingerprint density at radius 3 is 2.62 bits per heavy atom. The van der Waals surface area contributed by atoms with Gasteiger partial charge in [0.05, 0.1) is 0 Å². The molecule has 0 saturated heterocycles. The van der Waals surface area contributed by atoms with E-state index in [0.717, 1.165) is 12.3 Å². The van der Waals surface area contributed by atoms with Gasteiger partial charge in [-0.3, -0.25) is 4.98 Å². The van der Waals surface area contributed by atoms with Crippen molar-refractivity contribution < 1.29 is 0 Å². The van der Waals surface area contributed by atoms with Gasteiger partial charge in [-0.25, -0.2) is 0 Å². The maximum Gasteiger partial charge on any atom is 0.0403 e. The van der Waals surface area contributed by atoms with E-state index in [1.54, 1.807) is 0 Å². The Morgan fingerprint density at radius 2 is 2.08 bits per heavy atom. The number of nitrogens with zero attached hydrogens (tertiary/aromatic N) is 1. The van der Waals surface area contributed by atoms with Gasteiger partial charge in [0.2, 0.25) is 0 Å². The van der Waals surface area contributed by atoms with Gasteiger partial charge >= 0.3 is 0 Å². The molecule has 1 aliphatic carbocycles. The van der Waals surface area contributed by atoms with Crippen molar-refractivity contribution in [2.75, 3.05) is 0 Å². The minimum absolute atomic E-state index is 0.864. The lowest BCUT2D eigenvalue weighted by molar-refractivity contribution is 1.00. The van der Waals surface area contributed by atoms with Gasteiger partial charge in [0.1, 0.15) is 0 Å². The monoisotopic (exact) mass is 177 g/mol. The van der Waals surface area contributed by atoms with Crippen LogP contribution in [0.25, 0.3) is 0 Å². The molecule has 0 amide bonds. The van der Waals surface area contributed by atoms with Crippen LogP contribution in [0.1, 0.15) is 50.8 Å². The zero-order valence-electron chi connectivity index (χ0n) is 8.88. The van der Waals surface area contributed by atoms with Crippen LogP contribution in [0.15, 0.2) is 18.3 Å². The van der Waals surface area contributed by atoms with E-state index in [1.807, 2.05) is 20.0 Å². The van der Waals surface area contributed by atoms with Gasteiger partial charge in [-0.15, -0.1) is 0 Å². The van der Waals surface area contributed by atoms with E-state index < -0.39 is 0 Å². The van der Waals surface area contributed by atoms with E-state index in [9.17, 15) is 0 Å². The number of pyridine rings is 1. The molecule has 1 aliphatic rings. The molecular formula is C12H19N. The summed E-state index contributed by atoms with van der Waals surface area (Å²) in [5.74, 6) is 0.864. The van der Waals surface area contributed by atoms with Crippen LogP contribution >= 0.6 is 0 Å². The van der Waals surface area contributed by atoms with Crippen molar-refractivity contribution in [1.29, 1.82) is 0 Å². The van der Waals surface area contributed by atoms with Crippen LogP contribution in [0.4, 0.5) is 0 Å². The molecule has 1 fully saturated rings. The Morgan fingerprint density at radius 1 is 1.38 bits per heavy atom. The first-order valence-electron chi connectivity index (χ1n) is 5.35. The summed E-state index contributed by atoms with van der Waals surface area (Å²) in [7, 11) is 0. The Hall–Kier alpha value is -0.850. The highest BCUT2D eigenvalue weighted by Crippen LogP contribution is 2.39. The van der Waals surface area contributed by atoms with Crippen LogP contribution in [-0.4, -0.2) is 4.98 Å². The van der Waals surface area contributed by atoms with Crippen LogP contribution in [0, 0.1) is 0 Å². The van der Waals surface area contributed by atoms with E-state index in [1.165, 1.54) is 24.1 Å². The fraction of sp³-hybridized carbons (Fsp3) is 0.583. The molecule has 1 heterocycles. The second kappa shape index (κ2) is 5.00. The fourth-order valence-corrected chi connectivity index (χ4v) is 1.36. The number of aryl methyl sites for hydroxylation is 1. The summed E-state index contributed by atoms with van der Waals surface area (Å²) in [6.07, 6.45) is 5.76. The molecular weight excluding hydrogens is 158 g/mol. The molecule has 0 aromatic carbocycles. The average Bonchev–Trinajstić information content (AvgIpc) is 3.04. The fourth-order valence-electron chi connectivity index (χ4n) is 1.36. The maximum atomic E-state index is 4.27. The highest BCUT2D eigenvalue weighted by atomic mass is 14.7. The molecule has 0 bridgehead atoms. The molecule has 0 unspecified atom stereocenters. The molecule has 0 N–H and O–H groups in total. The Labute approximate surface area is 81.2 Å². The van der Waals surface area contributed by atoms with Crippen molar-refractivity contribution in [3.05, 3.63) is 29.6 Å². The summed E-state index contributed by atoms with van der Waals surface area (Å²) in [5.41, 5.74) is 2.73. The molecule has 0 radical (unpaired) electrons. The average molecular weight is 177 g/mol. The van der Waals surface area contributed by atoms with Crippen LogP contribution < -0.4 is 0 Å². The topological polar surface area (TPSA) is 12.9 Å². The minimum atomic E-state index is 0.864. The third-order valence-corrected chi connectivity index (χ3v) is 2.25. The van der Waals surface area contributed by atoms with Crippen molar-refractivity contribution in [1.82, 2.24) is 4.98 Å². The summed E-state index contributed by atoms with van der Waals surface area (Å²) >= 11 is 0. The van der Waals surface area contributed by atoms with Crippen LogP contribution in [-0.2, 0) is 6.42 Å². The van der Waals surface area contributed by atoms with Crippen molar-refractivity contribution in [2.45, 2.75) is 46.0 Å². The maximum absolute atomic E-state index is 4.27. The van der Waals surface area contributed by atoms with Gasteiger partial charge in [0.25, 0.3) is 0 Å². The SMILES string of the molecule is CC.CCc1cc(C2CC2)ccn1. The van der Waals surface area contributed by atoms with Gasteiger partial charge in [-0.05, 0) is 42.9 Å². The normalized spacial score (nSPS) is 14.7. The summed E-state index contributed by atoms with van der Waals surface area (Å²) in [6.45, 7) is 6.15. The van der Waals surface area contributed by atoms with Crippen LogP contribution in [0.2, 0.25) is 0 Å². The first-order chi connectivity index (χ1) is 6.40. The third-order valence-electron chi connectivity index (χ3n) is 2.25. The van der Waals surface area contributed by atoms with Crippen molar-refractivity contribution in [3.63, 3.8) is 0 Å². The van der Waals surface area contributed by atoms with Gasteiger partial charge in [0, 0.05) is 11.9 Å². The van der Waals surface area contributed by atoms with Crippen molar-refractivity contribution in [2.24, 2.45) is 0 Å². The molecule has 1 heteroatoms. The van der Waals surface area contributed by atoms with E-state index in [4.69, 9.17) is 0 Å². The molecule has 1 aromatic heterocycles. The summed E-state index contributed by atoms with van der Waals surface area (Å²) in [4.78, 5) is 4.27. The lowest BCUT2D eigenvalue weighted by Crippen LogP contribution is -1.88. The van der Waals surface area contributed by atoms with Crippen LogP contribution in [0.3, 0.4) is 0 Å².